The Morgan fingerprint density at radius 3 is 1.31 bits per heavy atom. The normalized spacial score (nSPS) is 11.6. The Balaban J connectivity index is 0.000000518. The predicted molar refractivity (Wildman–Crippen MR) is 274 cm³/mol. The van der Waals surface area contributed by atoms with E-state index in [1.54, 1.807) is 6.92 Å². The average molecular weight is 925 g/mol. The minimum atomic E-state index is -0.614. The molecule has 12 nitrogen and oxygen atoms in total. The number of carbonyl (C=O) groups excluding carboxylic acids is 4. The Morgan fingerprint density at radius 2 is 0.925 bits per heavy atom. The van der Waals surface area contributed by atoms with Crippen LogP contribution in [0.1, 0.15) is 130 Å². The maximum atomic E-state index is 12.4. The molecule has 0 bridgehead atoms. The molecule has 0 spiro atoms. The highest BCUT2D eigenvalue weighted by Crippen LogP contribution is 2.26. The number of esters is 1. The summed E-state index contributed by atoms with van der Waals surface area (Å²) in [5.41, 5.74) is 8.08. The standard InChI is InChI=1S/C22H36N2O3.C19H25NO4.C14H19NO/c1-16(2)14-26-11-12-27-15-18(5)23-21(25)24-22(6,7)20-10-8-9-19(13-20)17(3)4;1-13(2)15-8-7-9-16(12-15)19(5,6)20-18(22)24-11-10-23-17(21)14(3)4;1-10(2)12-7-6-8-13(9-12)14(4,5)15-11(3)16/h8-10,13,16,18H,3,11-12,14-15H2,1-2,4-7H3,(H2,23,24,25);7-9,12H,1,3,10-11H2,2,4-6H3,(H,20,22);6-9H,1H2,2-5H3,(H,15,16). The molecule has 0 heterocycles. The lowest BCUT2D eigenvalue weighted by Gasteiger charge is -2.28. The van der Waals surface area contributed by atoms with E-state index in [0.29, 0.717) is 31.3 Å². The molecule has 3 aromatic rings. The number of allylic oxidation sites excluding steroid dienone is 3. The lowest BCUT2D eigenvalue weighted by atomic mass is 9.91. The number of alkyl carbamates (subject to hydrolysis) is 1. The number of amides is 4. The Morgan fingerprint density at radius 1 is 0.537 bits per heavy atom. The van der Waals surface area contributed by atoms with E-state index < -0.39 is 23.1 Å². The highest BCUT2D eigenvalue weighted by Gasteiger charge is 2.26. The molecule has 0 fully saturated rings. The van der Waals surface area contributed by atoms with E-state index in [9.17, 15) is 19.2 Å². The van der Waals surface area contributed by atoms with E-state index in [-0.39, 0.29) is 36.7 Å². The van der Waals surface area contributed by atoms with Crippen LogP contribution in [0.4, 0.5) is 9.59 Å². The van der Waals surface area contributed by atoms with E-state index >= 15 is 0 Å². The van der Waals surface area contributed by atoms with Crippen molar-refractivity contribution in [2.45, 2.75) is 120 Å². The number of nitrogens with one attached hydrogen (secondary N) is 4. The lowest BCUT2D eigenvalue weighted by molar-refractivity contribution is -0.140. The van der Waals surface area contributed by atoms with Gasteiger partial charge in [0.05, 0.1) is 42.5 Å². The molecule has 0 aromatic heterocycles. The van der Waals surface area contributed by atoms with Crippen LogP contribution in [0.5, 0.6) is 0 Å². The summed E-state index contributed by atoms with van der Waals surface area (Å²) in [7, 11) is 0. The van der Waals surface area contributed by atoms with Crippen molar-refractivity contribution in [3.63, 3.8) is 0 Å². The second kappa shape index (κ2) is 28.3. The Labute approximate surface area is 402 Å². The van der Waals surface area contributed by atoms with Gasteiger partial charge >= 0.3 is 18.1 Å². The molecular weight excluding hydrogens is 845 g/mol. The number of urea groups is 1. The summed E-state index contributed by atoms with van der Waals surface area (Å²) in [4.78, 5) is 46.6. The molecular formula is C55H80N4O8. The number of ether oxygens (including phenoxy) is 4. The second-order valence-electron chi connectivity index (χ2n) is 18.9. The van der Waals surface area contributed by atoms with Crippen LogP contribution < -0.4 is 21.3 Å². The number of carbonyl (C=O) groups is 4. The molecule has 0 aliphatic rings. The molecule has 3 rings (SSSR count). The van der Waals surface area contributed by atoms with Gasteiger partial charge in [-0.15, -0.1) is 0 Å². The maximum absolute atomic E-state index is 12.4. The smallest absolute Gasteiger partial charge is 0.407 e. The zero-order valence-electron chi connectivity index (χ0n) is 42.9. The first-order valence-electron chi connectivity index (χ1n) is 22.7. The van der Waals surface area contributed by atoms with E-state index in [4.69, 9.17) is 18.9 Å². The Hall–Kier alpha value is -5.98. The summed E-state index contributed by atoms with van der Waals surface area (Å²) in [6.07, 6.45) is -0.577. The van der Waals surface area contributed by atoms with Gasteiger partial charge in [-0.25, -0.2) is 14.4 Å². The zero-order valence-corrected chi connectivity index (χ0v) is 42.9. The first-order chi connectivity index (χ1) is 31.1. The van der Waals surface area contributed by atoms with Crippen molar-refractivity contribution in [3.8, 4) is 0 Å². The molecule has 0 aliphatic heterocycles. The SMILES string of the molecule is C=C(C)C(=O)OCCOC(=O)NC(C)(C)c1cccc(C(=C)C)c1.C=C(C)c1cccc(C(C)(C)NC(=O)NC(C)COCCOCC(C)C)c1.C=C(C)c1cccc(C(C)(C)NC(C)=O)c1. The van der Waals surface area contributed by atoms with Crippen LogP contribution in [0.15, 0.2) is 105 Å². The van der Waals surface area contributed by atoms with Gasteiger partial charge in [0.2, 0.25) is 5.91 Å². The molecule has 1 atom stereocenters. The third-order valence-electron chi connectivity index (χ3n) is 10.0. The number of hydrogen-bond donors (Lipinski definition) is 4. The monoisotopic (exact) mass is 925 g/mol. The van der Waals surface area contributed by atoms with Crippen LogP contribution in [0.3, 0.4) is 0 Å². The fraction of sp³-hybridized carbons (Fsp3) is 0.455. The van der Waals surface area contributed by atoms with Crippen LogP contribution in [0.2, 0.25) is 0 Å². The third-order valence-corrected chi connectivity index (χ3v) is 10.0. The predicted octanol–water partition coefficient (Wildman–Crippen LogP) is 11.2. The number of benzene rings is 3. The summed E-state index contributed by atoms with van der Waals surface area (Å²) in [6, 6.07) is 23.7. The van der Waals surface area contributed by atoms with E-state index in [0.717, 1.165) is 56.7 Å². The Kier molecular flexibility index (Phi) is 24.9. The van der Waals surface area contributed by atoms with E-state index in [1.807, 2.05) is 130 Å². The molecule has 0 aliphatic carbocycles. The van der Waals surface area contributed by atoms with Crippen molar-refractivity contribution in [2.24, 2.45) is 5.92 Å². The highest BCUT2D eigenvalue weighted by molar-refractivity contribution is 5.87. The van der Waals surface area contributed by atoms with E-state index in [1.165, 1.54) is 6.92 Å². The maximum Gasteiger partial charge on any atom is 0.407 e. The molecule has 3 aromatic carbocycles. The Bertz CT molecular complexity index is 2150. The number of hydrogen-bond acceptors (Lipinski definition) is 8. The van der Waals surface area contributed by atoms with Crippen molar-refractivity contribution in [1.82, 2.24) is 21.3 Å². The van der Waals surface area contributed by atoms with E-state index in [2.05, 4.69) is 73.6 Å². The van der Waals surface area contributed by atoms with Gasteiger partial charge in [0.25, 0.3) is 0 Å². The molecule has 12 heteroatoms. The summed E-state index contributed by atoms with van der Waals surface area (Å²) < 4.78 is 20.9. The number of rotatable bonds is 21. The quantitative estimate of drug-likeness (QED) is 0.0468. The molecule has 0 radical (unpaired) electrons. The van der Waals surface area contributed by atoms with Crippen molar-refractivity contribution >= 4 is 40.7 Å². The molecule has 4 N–H and O–H groups in total. The molecule has 4 amide bonds. The zero-order chi connectivity index (χ0) is 51.1. The van der Waals surface area contributed by atoms with Gasteiger partial charge in [-0.2, -0.15) is 0 Å². The fourth-order valence-electron chi connectivity index (χ4n) is 6.14. The summed E-state index contributed by atoms with van der Waals surface area (Å²) in [6.45, 7) is 44.4. The largest absolute Gasteiger partial charge is 0.459 e. The van der Waals surface area contributed by atoms with Gasteiger partial charge in [-0.3, -0.25) is 4.79 Å². The van der Waals surface area contributed by atoms with Crippen LogP contribution in [0.25, 0.3) is 16.7 Å². The second-order valence-corrected chi connectivity index (χ2v) is 18.9. The third kappa shape index (κ3) is 23.4. The van der Waals surface area contributed by atoms with Crippen molar-refractivity contribution < 1.29 is 38.1 Å². The van der Waals surface area contributed by atoms with Gasteiger partial charge in [-0.05, 0) is 134 Å². The van der Waals surface area contributed by atoms with Crippen LogP contribution in [-0.2, 0) is 45.2 Å². The van der Waals surface area contributed by atoms with Crippen molar-refractivity contribution in [2.75, 3.05) is 39.6 Å². The molecule has 368 valence electrons. The van der Waals surface area contributed by atoms with Gasteiger partial charge in [0, 0.05) is 19.1 Å². The summed E-state index contributed by atoms with van der Waals surface area (Å²) in [5.74, 6) is -0.00425. The minimum Gasteiger partial charge on any atom is -0.459 e. The molecule has 0 saturated heterocycles. The van der Waals surface area contributed by atoms with Crippen LogP contribution in [0, 0.1) is 5.92 Å². The van der Waals surface area contributed by atoms with Crippen molar-refractivity contribution in [1.29, 1.82) is 0 Å². The first kappa shape index (κ1) is 59.0. The van der Waals surface area contributed by atoms with Gasteiger partial charge in [0.15, 0.2) is 0 Å². The fourth-order valence-corrected chi connectivity index (χ4v) is 6.14. The average Bonchev–Trinajstić information content (AvgIpc) is 3.23. The summed E-state index contributed by atoms with van der Waals surface area (Å²) in [5, 5.41) is 11.7. The van der Waals surface area contributed by atoms with Crippen molar-refractivity contribution in [3.05, 3.63) is 138 Å². The topological polar surface area (TPSA) is 153 Å². The van der Waals surface area contributed by atoms with Crippen LogP contribution >= 0.6 is 0 Å². The van der Waals surface area contributed by atoms with Crippen LogP contribution in [-0.4, -0.2) is 69.7 Å². The highest BCUT2D eigenvalue weighted by atomic mass is 16.6. The molecule has 1 unspecified atom stereocenters. The van der Waals surface area contributed by atoms with Gasteiger partial charge < -0.3 is 40.2 Å². The first-order valence-corrected chi connectivity index (χ1v) is 22.7. The molecule has 0 saturated carbocycles. The lowest BCUT2D eigenvalue weighted by Crippen LogP contribution is -2.49. The summed E-state index contributed by atoms with van der Waals surface area (Å²) >= 11 is 0. The minimum absolute atomic E-state index is 0.00924. The molecule has 67 heavy (non-hydrogen) atoms. The van der Waals surface area contributed by atoms with Gasteiger partial charge in [-0.1, -0.05) is 111 Å². The van der Waals surface area contributed by atoms with Gasteiger partial charge in [0.1, 0.15) is 13.2 Å².